The maximum absolute atomic E-state index is 5.87. The summed E-state index contributed by atoms with van der Waals surface area (Å²) in [5.41, 5.74) is 2.17. The van der Waals surface area contributed by atoms with Crippen LogP contribution in [0.1, 0.15) is 25.1 Å². The van der Waals surface area contributed by atoms with E-state index in [1.165, 1.54) is 0 Å². The standard InChI is InChI=1S/C14H22ClN3/c1-4-17-7-8-18(10-11(17)2)14-6-5-13(9-15)12(3)16-14/h5-6,11H,4,7-10H2,1-3H3. The highest BCUT2D eigenvalue weighted by molar-refractivity contribution is 6.17. The van der Waals surface area contributed by atoms with Crippen LogP contribution >= 0.6 is 11.6 Å². The van der Waals surface area contributed by atoms with Crippen molar-refractivity contribution in [2.75, 3.05) is 31.1 Å². The molecule has 0 amide bonds. The SMILES string of the molecule is CCN1CCN(c2ccc(CCl)c(C)n2)CC1C. The first-order valence-corrected chi connectivity index (χ1v) is 7.20. The van der Waals surface area contributed by atoms with Crippen molar-refractivity contribution in [3.63, 3.8) is 0 Å². The van der Waals surface area contributed by atoms with Crippen LogP contribution in [-0.4, -0.2) is 42.1 Å². The molecule has 0 aliphatic carbocycles. The van der Waals surface area contributed by atoms with Gasteiger partial charge in [-0.2, -0.15) is 0 Å². The minimum absolute atomic E-state index is 0.541. The van der Waals surface area contributed by atoms with Crippen molar-refractivity contribution in [1.29, 1.82) is 0 Å². The van der Waals surface area contributed by atoms with Gasteiger partial charge in [0.1, 0.15) is 5.82 Å². The van der Waals surface area contributed by atoms with Gasteiger partial charge in [-0.1, -0.05) is 13.0 Å². The number of aromatic nitrogens is 1. The Kier molecular flexibility index (Phi) is 4.46. The lowest BCUT2D eigenvalue weighted by Crippen LogP contribution is -2.52. The quantitative estimate of drug-likeness (QED) is 0.785. The first-order chi connectivity index (χ1) is 8.65. The van der Waals surface area contributed by atoms with Crippen LogP contribution in [0.5, 0.6) is 0 Å². The average Bonchev–Trinajstić information content (AvgIpc) is 2.38. The molecule has 0 bridgehead atoms. The Morgan fingerprint density at radius 3 is 2.72 bits per heavy atom. The summed E-state index contributed by atoms with van der Waals surface area (Å²) in [7, 11) is 0. The molecule has 1 unspecified atom stereocenters. The number of pyridine rings is 1. The summed E-state index contributed by atoms with van der Waals surface area (Å²) in [6, 6.07) is 4.79. The van der Waals surface area contributed by atoms with Gasteiger partial charge in [-0.3, -0.25) is 4.90 Å². The lowest BCUT2D eigenvalue weighted by Gasteiger charge is -2.40. The Bertz CT molecular complexity index is 408. The van der Waals surface area contributed by atoms with Gasteiger partial charge >= 0.3 is 0 Å². The lowest BCUT2D eigenvalue weighted by atomic mass is 10.1. The van der Waals surface area contributed by atoms with Crippen LogP contribution in [0.2, 0.25) is 0 Å². The topological polar surface area (TPSA) is 19.4 Å². The molecule has 4 heteroatoms. The maximum atomic E-state index is 5.87. The largest absolute Gasteiger partial charge is 0.354 e. The number of nitrogens with zero attached hydrogens (tertiary/aromatic N) is 3. The van der Waals surface area contributed by atoms with E-state index in [0.29, 0.717) is 11.9 Å². The van der Waals surface area contributed by atoms with Gasteiger partial charge < -0.3 is 4.90 Å². The number of likely N-dealkylation sites (N-methyl/N-ethyl adjacent to an activating group) is 1. The smallest absolute Gasteiger partial charge is 0.128 e. The van der Waals surface area contributed by atoms with Gasteiger partial charge in [-0.15, -0.1) is 11.6 Å². The third-order valence-corrected chi connectivity index (χ3v) is 4.11. The molecule has 1 atom stereocenters. The van der Waals surface area contributed by atoms with Crippen LogP contribution in [0.15, 0.2) is 12.1 Å². The average molecular weight is 268 g/mol. The van der Waals surface area contributed by atoms with Crippen LogP contribution in [-0.2, 0) is 5.88 Å². The molecule has 0 radical (unpaired) electrons. The van der Waals surface area contributed by atoms with Crippen LogP contribution in [0, 0.1) is 6.92 Å². The van der Waals surface area contributed by atoms with Gasteiger partial charge in [-0.05, 0) is 32.0 Å². The molecule has 3 nitrogen and oxygen atoms in total. The van der Waals surface area contributed by atoms with Crippen molar-refractivity contribution < 1.29 is 0 Å². The molecular weight excluding hydrogens is 246 g/mol. The number of hydrogen-bond acceptors (Lipinski definition) is 3. The van der Waals surface area contributed by atoms with E-state index in [4.69, 9.17) is 11.6 Å². The molecule has 100 valence electrons. The van der Waals surface area contributed by atoms with Gasteiger partial charge in [0, 0.05) is 37.3 Å². The number of piperazine rings is 1. The molecule has 2 rings (SSSR count). The van der Waals surface area contributed by atoms with E-state index in [1.807, 2.05) is 6.92 Å². The normalized spacial score (nSPS) is 21.3. The van der Waals surface area contributed by atoms with E-state index in [-0.39, 0.29) is 0 Å². The molecule has 0 saturated carbocycles. The molecule has 18 heavy (non-hydrogen) atoms. The van der Waals surface area contributed by atoms with Gasteiger partial charge in [0.2, 0.25) is 0 Å². The van der Waals surface area contributed by atoms with E-state index in [2.05, 4.69) is 40.8 Å². The molecule has 1 aliphatic heterocycles. The van der Waals surface area contributed by atoms with Crippen molar-refractivity contribution in [3.8, 4) is 0 Å². The molecule has 2 heterocycles. The van der Waals surface area contributed by atoms with Crippen molar-refractivity contribution in [1.82, 2.24) is 9.88 Å². The summed E-state index contributed by atoms with van der Waals surface area (Å²) >= 11 is 5.87. The van der Waals surface area contributed by atoms with Gasteiger partial charge in [0.05, 0.1) is 0 Å². The van der Waals surface area contributed by atoms with Gasteiger partial charge in [-0.25, -0.2) is 4.98 Å². The van der Waals surface area contributed by atoms with Gasteiger partial charge in [0.15, 0.2) is 0 Å². The minimum atomic E-state index is 0.541. The Morgan fingerprint density at radius 1 is 1.39 bits per heavy atom. The molecule has 0 aromatic carbocycles. The third kappa shape index (κ3) is 2.78. The Labute approximate surface area is 115 Å². The molecule has 1 aliphatic rings. The second-order valence-corrected chi connectivity index (χ2v) is 5.24. The van der Waals surface area contributed by atoms with E-state index in [9.17, 15) is 0 Å². The van der Waals surface area contributed by atoms with E-state index in [0.717, 1.165) is 43.3 Å². The summed E-state index contributed by atoms with van der Waals surface area (Å²) in [5.74, 6) is 1.63. The minimum Gasteiger partial charge on any atom is -0.354 e. The van der Waals surface area contributed by atoms with E-state index < -0.39 is 0 Å². The molecular formula is C14H22ClN3. The Balaban J connectivity index is 2.11. The van der Waals surface area contributed by atoms with Gasteiger partial charge in [0.25, 0.3) is 0 Å². The Morgan fingerprint density at radius 2 is 2.17 bits per heavy atom. The highest BCUT2D eigenvalue weighted by Gasteiger charge is 2.23. The maximum Gasteiger partial charge on any atom is 0.128 e. The highest BCUT2D eigenvalue weighted by atomic mass is 35.5. The zero-order valence-corrected chi connectivity index (χ0v) is 12.2. The molecule has 0 spiro atoms. The molecule has 1 fully saturated rings. The number of hydrogen-bond donors (Lipinski definition) is 0. The molecule has 1 aromatic rings. The fraction of sp³-hybridized carbons (Fsp3) is 0.643. The second-order valence-electron chi connectivity index (χ2n) is 4.97. The van der Waals surface area contributed by atoms with Crippen molar-refractivity contribution in [2.45, 2.75) is 32.7 Å². The summed E-state index contributed by atoms with van der Waals surface area (Å²) in [4.78, 5) is 9.56. The predicted octanol–water partition coefficient (Wildman–Crippen LogP) is 2.66. The molecule has 1 aromatic heterocycles. The summed E-state index contributed by atoms with van der Waals surface area (Å²) in [5, 5.41) is 0. The number of alkyl halides is 1. The van der Waals surface area contributed by atoms with Crippen molar-refractivity contribution in [3.05, 3.63) is 23.4 Å². The zero-order chi connectivity index (χ0) is 13.1. The summed E-state index contributed by atoms with van der Waals surface area (Å²) < 4.78 is 0. The number of aryl methyl sites for hydroxylation is 1. The number of halogens is 1. The first-order valence-electron chi connectivity index (χ1n) is 6.67. The van der Waals surface area contributed by atoms with E-state index in [1.54, 1.807) is 0 Å². The zero-order valence-electron chi connectivity index (χ0n) is 11.5. The predicted molar refractivity (Wildman–Crippen MR) is 77.5 cm³/mol. The Hall–Kier alpha value is -0.800. The second kappa shape index (κ2) is 5.89. The third-order valence-electron chi connectivity index (χ3n) is 3.82. The fourth-order valence-corrected chi connectivity index (χ4v) is 2.85. The summed E-state index contributed by atoms with van der Waals surface area (Å²) in [6.07, 6.45) is 0. The fourth-order valence-electron chi connectivity index (χ4n) is 2.57. The number of rotatable bonds is 3. The van der Waals surface area contributed by atoms with Crippen molar-refractivity contribution in [2.24, 2.45) is 0 Å². The summed E-state index contributed by atoms with van der Waals surface area (Å²) in [6.45, 7) is 10.9. The van der Waals surface area contributed by atoms with Crippen LogP contribution in [0.25, 0.3) is 0 Å². The van der Waals surface area contributed by atoms with Crippen LogP contribution < -0.4 is 4.90 Å². The first kappa shape index (κ1) is 13.6. The molecule has 0 N–H and O–H groups in total. The number of anilines is 1. The highest BCUT2D eigenvalue weighted by Crippen LogP contribution is 2.19. The monoisotopic (exact) mass is 267 g/mol. The van der Waals surface area contributed by atoms with Crippen molar-refractivity contribution >= 4 is 17.4 Å². The van der Waals surface area contributed by atoms with Crippen LogP contribution in [0.4, 0.5) is 5.82 Å². The van der Waals surface area contributed by atoms with E-state index >= 15 is 0 Å². The lowest BCUT2D eigenvalue weighted by molar-refractivity contribution is 0.199. The van der Waals surface area contributed by atoms with Crippen LogP contribution in [0.3, 0.4) is 0 Å². The molecule has 1 saturated heterocycles.